The molecule has 5 nitrogen and oxygen atoms in total. The Kier molecular flexibility index (Phi) is 5.34. The molecule has 2 aromatic carbocycles. The number of carboxylic acids is 1. The SMILES string of the molecule is COc1ccc(-c2csc(NC(=O)c3ccc(CC(=O)O)cc3)c2)cc1. The molecule has 0 atom stereocenters. The number of ether oxygens (including phenoxy) is 1. The highest BCUT2D eigenvalue weighted by atomic mass is 32.1. The van der Waals surface area contributed by atoms with Crippen LogP contribution in [0.1, 0.15) is 15.9 Å². The standard InChI is InChI=1S/C20H17NO4S/c1-25-17-8-6-14(7-9-17)16-11-18(26-12-16)21-20(24)15-4-2-13(3-5-15)10-19(22)23/h2-9,11-12H,10H2,1H3,(H,21,24)(H,22,23). The smallest absolute Gasteiger partial charge is 0.307 e. The lowest BCUT2D eigenvalue weighted by Gasteiger charge is -2.04. The molecule has 132 valence electrons. The van der Waals surface area contributed by atoms with Crippen molar-refractivity contribution in [1.29, 1.82) is 0 Å². The molecule has 1 amide bonds. The zero-order valence-electron chi connectivity index (χ0n) is 14.1. The molecule has 0 aliphatic carbocycles. The lowest BCUT2D eigenvalue weighted by atomic mass is 10.1. The molecular formula is C20H17NO4S. The van der Waals surface area contributed by atoms with Crippen LogP contribution < -0.4 is 10.1 Å². The minimum atomic E-state index is -0.896. The van der Waals surface area contributed by atoms with Crippen molar-refractivity contribution in [3.8, 4) is 16.9 Å². The lowest BCUT2D eigenvalue weighted by Crippen LogP contribution is -2.11. The van der Waals surface area contributed by atoms with Gasteiger partial charge in [-0.3, -0.25) is 9.59 Å². The van der Waals surface area contributed by atoms with Gasteiger partial charge in [0.1, 0.15) is 5.75 Å². The molecule has 2 N–H and O–H groups in total. The molecule has 6 heteroatoms. The summed E-state index contributed by atoms with van der Waals surface area (Å²) in [7, 11) is 1.63. The van der Waals surface area contributed by atoms with Gasteiger partial charge >= 0.3 is 5.97 Å². The topological polar surface area (TPSA) is 75.6 Å². The average Bonchev–Trinajstić information content (AvgIpc) is 3.10. The number of carbonyl (C=O) groups is 2. The van der Waals surface area contributed by atoms with Gasteiger partial charge in [0.2, 0.25) is 0 Å². The first-order chi connectivity index (χ1) is 12.5. The largest absolute Gasteiger partial charge is 0.497 e. The van der Waals surface area contributed by atoms with Crippen LogP contribution in [0.25, 0.3) is 11.1 Å². The molecule has 1 aromatic heterocycles. The molecule has 0 saturated carbocycles. The van der Waals surface area contributed by atoms with Gasteiger partial charge in [-0.15, -0.1) is 11.3 Å². The normalized spacial score (nSPS) is 10.3. The van der Waals surface area contributed by atoms with Gasteiger partial charge in [-0.25, -0.2) is 0 Å². The first-order valence-electron chi connectivity index (χ1n) is 7.90. The molecule has 0 fully saturated rings. The van der Waals surface area contributed by atoms with Crippen molar-refractivity contribution in [1.82, 2.24) is 0 Å². The Bertz CT molecular complexity index is 914. The second kappa shape index (κ2) is 7.84. The number of rotatable bonds is 6. The molecular weight excluding hydrogens is 350 g/mol. The summed E-state index contributed by atoms with van der Waals surface area (Å²) in [5.41, 5.74) is 3.20. The van der Waals surface area contributed by atoms with E-state index in [1.165, 1.54) is 11.3 Å². The highest BCUT2D eigenvalue weighted by Crippen LogP contribution is 2.30. The number of amides is 1. The van der Waals surface area contributed by atoms with Gasteiger partial charge in [0.15, 0.2) is 0 Å². The zero-order valence-corrected chi connectivity index (χ0v) is 14.9. The van der Waals surface area contributed by atoms with Crippen LogP contribution in [0, 0.1) is 0 Å². The van der Waals surface area contributed by atoms with Crippen LogP contribution in [0.4, 0.5) is 5.00 Å². The molecule has 0 bridgehead atoms. The zero-order chi connectivity index (χ0) is 18.5. The number of benzene rings is 2. The third-order valence-corrected chi connectivity index (χ3v) is 4.68. The first-order valence-corrected chi connectivity index (χ1v) is 8.78. The van der Waals surface area contributed by atoms with Gasteiger partial charge in [0.25, 0.3) is 5.91 Å². The van der Waals surface area contributed by atoms with Crippen LogP contribution >= 0.6 is 11.3 Å². The molecule has 3 aromatic rings. The molecule has 1 heterocycles. The molecule has 26 heavy (non-hydrogen) atoms. The van der Waals surface area contributed by atoms with E-state index < -0.39 is 5.97 Å². The Morgan fingerprint density at radius 3 is 2.35 bits per heavy atom. The molecule has 0 radical (unpaired) electrons. The summed E-state index contributed by atoms with van der Waals surface area (Å²) in [6.45, 7) is 0. The van der Waals surface area contributed by atoms with Crippen LogP contribution in [0.5, 0.6) is 5.75 Å². The predicted molar refractivity (Wildman–Crippen MR) is 102 cm³/mol. The summed E-state index contributed by atoms with van der Waals surface area (Å²) >= 11 is 1.45. The van der Waals surface area contributed by atoms with Crippen molar-refractivity contribution < 1.29 is 19.4 Å². The van der Waals surface area contributed by atoms with Gasteiger partial charge in [-0.05, 0) is 47.0 Å². The van der Waals surface area contributed by atoms with E-state index in [1.807, 2.05) is 35.7 Å². The van der Waals surface area contributed by atoms with Crippen LogP contribution in [-0.4, -0.2) is 24.1 Å². The number of carbonyl (C=O) groups excluding carboxylic acids is 1. The van der Waals surface area contributed by atoms with E-state index in [1.54, 1.807) is 31.4 Å². The van der Waals surface area contributed by atoms with Gasteiger partial charge in [-0.1, -0.05) is 24.3 Å². The number of methoxy groups -OCH3 is 1. The van der Waals surface area contributed by atoms with Crippen LogP contribution in [-0.2, 0) is 11.2 Å². The van der Waals surface area contributed by atoms with Gasteiger partial charge < -0.3 is 15.2 Å². The van der Waals surface area contributed by atoms with E-state index in [0.29, 0.717) is 11.1 Å². The number of thiophene rings is 1. The van der Waals surface area contributed by atoms with E-state index in [0.717, 1.165) is 21.9 Å². The fourth-order valence-corrected chi connectivity index (χ4v) is 3.27. The quantitative estimate of drug-likeness (QED) is 0.681. The number of anilines is 1. The highest BCUT2D eigenvalue weighted by Gasteiger charge is 2.09. The number of aliphatic carboxylic acids is 1. The highest BCUT2D eigenvalue weighted by molar-refractivity contribution is 7.14. The van der Waals surface area contributed by atoms with Gasteiger partial charge in [-0.2, -0.15) is 0 Å². The maximum Gasteiger partial charge on any atom is 0.307 e. The second-order valence-corrected chi connectivity index (χ2v) is 6.56. The van der Waals surface area contributed by atoms with Crippen molar-refractivity contribution in [2.45, 2.75) is 6.42 Å². The van der Waals surface area contributed by atoms with E-state index in [-0.39, 0.29) is 12.3 Å². The first kappa shape index (κ1) is 17.7. The number of hydrogen-bond donors (Lipinski definition) is 2. The van der Waals surface area contributed by atoms with Gasteiger partial charge in [0, 0.05) is 10.9 Å². The molecule has 0 saturated heterocycles. The van der Waals surface area contributed by atoms with E-state index >= 15 is 0 Å². The summed E-state index contributed by atoms with van der Waals surface area (Å²) in [4.78, 5) is 23.0. The Morgan fingerprint density at radius 2 is 1.73 bits per heavy atom. The Morgan fingerprint density at radius 1 is 1.04 bits per heavy atom. The monoisotopic (exact) mass is 367 g/mol. The maximum absolute atomic E-state index is 12.3. The van der Waals surface area contributed by atoms with E-state index in [4.69, 9.17) is 9.84 Å². The summed E-state index contributed by atoms with van der Waals surface area (Å²) in [6.07, 6.45) is -0.0575. The molecule has 0 aliphatic heterocycles. The van der Waals surface area contributed by atoms with Crippen molar-refractivity contribution in [3.05, 3.63) is 71.1 Å². The van der Waals surface area contributed by atoms with Crippen molar-refractivity contribution in [3.63, 3.8) is 0 Å². The molecule has 0 aliphatic rings. The lowest BCUT2D eigenvalue weighted by molar-refractivity contribution is -0.136. The summed E-state index contributed by atoms with van der Waals surface area (Å²) in [6, 6.07) is 16.2. The van der Waals surface area contributed by atoms with E-state index in [2.05, 4.69) is 5.32 Å². The third-order valence-electron chi connectivity index (χ3n) is 3.83. The predicted octanol–water partition coefficient (Wildman–Crippen LogP) is 4.30. The number of hydrogen-bond acceptors (Lipinski definition) is 4. The Hall–Kier alpha value is -3.12. The molecule has 3 rings (SSSR count). The third kappa shape index (κ3) is 4.29. The van der Waals surface area contributed by atoms with Crippen LogP contribution in [0.15, 0.2) is 60.0 Å². The van der Waals surface area contributed by atoms with Crippen LogP contribution in [0.3, 0.4) is 0 Å². The summed E-state index contributed by atoms with van der Waals surface area (Å²) < 4.78 is 5.15. The van der Waals surface area contributed by atoms with Crippen LogP contribution in [0.2, 0.25) is 0 Å². The maximum atomic E-state index is 12.3. The Labute approximate surface area is 154 Å². The van der Waals surface area contributed by atoms with Gasteiger partial charge in [0.05, 0.1) is 18.5 Å². The fraction of sp³-hybridized carbons (Fsp3) is 0.100. The Balaban J connectivity index is 1.68. The van der Waals surface area contributed by atoms with Crippen molar-refractivity contribution in [2.75, 3.05) is 12.4 Å². The second-order valence-electron chi connectivity index (χ2n) is 5.65. The average molecular weight is 367 g/mol. The number of carboxylic acid groups (broad SMARTS) is 1. The molecule has 0 unspecified atom stereocenters. The summed E-state index contributed by atoms with van der Waals surface area (Å²) in [5, 5.41) is 14.4. The van der Waals surface area contributed by atoms with E-state index in [9.17, 15) is 9.59 Å². The molecule has 0 spiro atoms. The fourth-order valence-electron chi connectivity index (χ4n) is 2.47. The van der Waals surface area contributed by atoms with Crippen molar-refractivity contribution in [2.24, 2.45) is 0 Å². The minimum Gasteiger partial charge on any atom is -0.497 e. The summed E-state index contributed by atoms with van der Waals surface area (Å²) in [5.74, 6) is -0.328. The van der Waals surface area contributed by atoms with Crippen molar-refractivity contribution >= 4 is 28.2 Å². The minimum absolute atomic E-state index is 0.0575. The number of nitrogens with one attached hydrogen (secondary N) is 1.